The second-order valence-corrected chi connectivity index (χ2v) is 6.97. The summed E-state index contributed by atoms with van der Waals surface area (Å²) in [5.74, 6) is 4.68. The summed E-state index contributed by atoms with van der Waals surface area (Å²) >= 11 is 0. The van der Waals surface area contributed by atoms with E-state index in [1.54, 1.807) is 12.2 Å². The summed E-state index contributed by atoms with van der Waals surface area (Å²) in [5.41, 5.74) is 4.22. The maximum absolute atomic E-state index is 13.0. The molecule has 27 heavy (non-hydrogen) atoms. The van der Waals surface area contributed by atoms with Gasteiger partial charge in [-0.25, -0.2) is 5.84 Å². The number of ether oxygens (including phenoxy) is 1. The quantitative estimate of drug-likeness (QED) is 0.326. The van der Waals surface area contributed by atoms with Gasteiger partial charge in [0.1, 0.15) is 0 Å². The lowest BCUT2D eigenvalue weighted by molar-refractivity contribution is -0.194. The highest BCUT2D eigenvalue weighted by atomic mass is 16.6. The second kappa shape index (κ2) is 5.50. The van der Waals surface area contributed by atoms with Gasteiger partial charge in [-0.1, -0.05) is 60.7 Å². The molecule has 0 aromatic heterocycles. The van der Waals surface area contributed by atoms with Crippen LogP contribution in [0.4, 0.5) is 0 Å². The number of rotatable bonds is 3. The molecule has 136 valence electrons. The Morgan fingerprint density at radius 1 is 1.00 bits per heavy atom. The minimum Gasteiger partial charge on any atom is -0.336 e. The number of nitrogens with two attached hydrogens (primary N) is 1. The molecule has 5 unspecified atom stereocenters. The smallest absolute Gasteiger partial charge is 0.272 e. The van der Waals surface area contributed by atoms with Gasteiger partial charge >= 0.3 is 0 Å². The van der Waals surface area contributed by atoms with E-state index in [0.29, 0.717) is 0 Å². The van der Waals surface area contributed by atoms with Crippen molar-refractivity contribution in [1.82, 2.24) is 15.9 Å². The third-order valence-electron chi connectivity index (χ3n) is 5.59. The molecule has 7 heteroatoms. The van der Waals surface area contributed by atoms with Gasteiger partial charge in [-0.05, 0) is 23.3 Å². The van der Waals surface area contributed by atoms with Crippen molar-refractivity contribution < 1.29 is 14.3 Å². The van der Waals surface area contributed by atoms with Crippen molar-refractivity contribution in [3.8, 4) is 0 Å². The zero-order valence-electron chi connectivity index (χ0n) is 14.3. The van der Waals surface area contributed by atoms with E-state index in [-0.39, 0.29) is 5.91 Å². The number of nitrogens with zero attached hydrogens (tertiary/aromatic N) is 1. The van der Waals surface area contributed by atoms with Gasteiger partial charge in [-0.15, -0.1) is 0 Å². The Hall–Kier alpha value is -3.00. The molecule has 1 spiro atoms. The minimum absolute atomic E-state index is 0.294. The van der Waals surface area contributed by atoms with Gasteiger partial charge in [0.15, 0.2) is 11.2 Å². The summed E-state index contributed by atoms with van der Waals surface area (Å²) in [7, 11) is 0. The average Bonchev–Trinajstić information content (AvgIpc) is 3.16. The Labute approximate surface area is 155 Å². The first-order valence-electron chi connectivity index (χ1n) is 8.73. The number of amides is 2. The van der Waals surface area contributed by atoms with E-state index >= 15 is 0 Å². The molecule has 2 fully saturated rings. The zero-order valence-corrected chi connectivity index (χ0v) is 14.3. The Morgan fingerprint density at radius 2 is 1.59 bits per heavy atom. The molecule has 0 radical (unpaired) electrons. The summed E-state index contributed by atoms with van der Waals surface area (Å²) in [6, 6.07) is 18.2. The maximum Gasteiger partial charge on any atom is 0.272 e. The van der Waals surface area contributed by atoms with Crippen molar-refractivity contribution in [2.75, 3.05) is 0 Å². The molecule has 3 aliphatic heterocycles. The first-order chi connectivity index (χ1) is 13.1. The van der Waals surface area contributed by atoms with Gasteiger partial charge in [0.2, 0.25) is 0 Å². The fourth-order valence-electron chi connectivity index (χ4n) is 4.48. The normalized spacial score (nSPS) is 35.7. The monoisotopic (exact) mass is 362 g/mol. The van der Waals surface area contributed by atoms with Crippen LogP contribution < -0.4 is 16.7 Å². The van der Waals surface area contributed by atoms with Crippen molar-refractivity contribution in [3.05, 3.63) is 83.9 Å². The van der Waals surface area contributed by atoms with Crippen molar-refractivity contribution in [1.29, 1.82) is 0 Å². The molecule has 3 aliphatic rings. The average molecular weight is 362 g/mol. The predicted octanol–water partition coefficient (Wildman–Crippen LogP) is 0.883. The molecule has 0 aliphatic carbocycles. The molecule has 2 aromatic carbocycles. The molecule has 3 bridgehead atoms. The van der Waals surface area contributed by atoms with Crippen LogP contribution in [0.5, 0.6) is 0 Å². The van der Waals surface area contributed by atoms with Crippen molar-refractivity contribution in [2.45, 2.75) is 23.3 Å². The van der Waals surface area contributed by atoms with E-state index in [9.17, 15) is 9.59 Å². The molecule has 2 amide bonds. The van der Waals surface area contributed by atoms with Crippen molar-refractivity contribution in [2.24, 2.45) is 5.84 Å². The van der Waals surface area contributed by atoms with E-state index in [1.807, 2.05) is 65.7 Å². The van der Waals surface area contributed by atoms with Gasteiger partial charge < -0.3 is 4.74 Å². The Morgan fingerprint density at radius 3 is 2.19 bits per heavy atom. The van der Waals surface area contributed by atoms with Crippen LogP contribution >= 0.6 is 0 Å². The minimum atomic E-state index is -1.40. The Bertz CT molecular complexity index is 948. The van der Waals surface area contributed by atoms with Gasteiger partial charge in [-0.3, -0.25) is 20.4 Å². The number of nitrogens with one attached hydrogen (secondary N) is 2. The van der Waals surface area contributed by atoms with Crippen LogP contribution in [0.25, 0.3) is 0 Å². The molecular weight excluding hydrogens is 344 g/mol. The maximum atomic E-state index is 13.0. The lowest BCUT2D eigenvalue weighted by Crippen LogP contribution is -2.62. The van der Waals surface area contributed by atoms with Crippen molar-refractivity contribution in [3.63, 3.8) is 0 Å². The van der Waals surface area contributed by atoms with Gasteiger partial charge in [0, 0.05) is 0 Å². The first kappa shape index (κ1) is 16.2. The summed E-state index contributed by atoms with van der Waals surface area (Å²) in [4.78, 5) is 25.8. The van der Waals surface area contributed by atoms with Crippen LogP contribution in [0.1, 0.15) is 23.2 Å². The number of hydrogen-bond donors (Lipinski definition) is 3. The van der Waals surface area contributed by atoms with Crippen LogP contribution in [0, 0.1) is 0 Å². The molecular formula is C20H18N4O3. The highest BCUT2D eigenvalue weighted by Gasteiger charge is 2.72. The molecule has 7 nitrogen and oxygen atoms in total. The summed E-state index contributed by atoms with van der Waals surface area (Å²) < 4.78 is 6.31. The van der Waals surface area contributed by atoms with Crippen LogP contribution in [0.2, 0.25) is 0 Å². The van der Waals surface area contributed by atoms with Gasteiger partial charge in [0.05, 0.1) is 12.1 Å². The lowest BCUT2D eigenvalue weighted by Gasteiger charge is -2.48. The van der Waals surface area contributed by atoms with Crippen LogP contribution in [0.15, 0.2) is 72.8 Å². The van der Waals surface area contributed by atoms with Gasteiger partial charge in [-0.2, -0.15) is 5.01 Å². The van der Waals surface area contributed by atoms with E-state index in [4.69, 9.17) is 10.6 Å². The Kier molecular flexibility index (Phi) is 3.30. The van der Waals surface area contributed by atoms with Gasteiger partial charge in [0.25, 0.3) is 11.8 Å². The lowest BCUT2D eigenvalue weighted by atomic mass is 9.83. The largest absolute Gasteiger partial charge is 0.336 e. The first-order valence-corrected chi connectivity index (χ1v) is 8.73. The number of hydrazine groups is 2. The standard InChI is InChI=1S/C20H18N4O3/c21-22-17(25)19-11-12-20(27-19)16(14-9-5-2-6-10-14)24(23-18(20)26)15(19)13-7-3-1-4-8-13/h1-12,15-16H,21H2,(H,22,25)(H,23,26). The third-order valence-corrected chi connectivity index (χ3v) is 5.59. The topological polar surface area (TPSA) is 96.7 Å². The molecule has 4 N–H and O–H groups in total. The number of hydrogen-bond acceptors (Lipinski definition) is 5. The predicted molar refractivity (Wildman–Crippen MR) is 96.4 cm³/mol. The summed E-state index contributed by atoms with van der Waals surface area (Å²) in [5, 5.41) is 1.83. The summed E-state index contributed by atoms with van der Waals surface area (Å²) in [6.45, 7) is 0. The Balaban J connectivity index is 1.74. The SMILES string of the molecule is NNC(=O)C12C=CC3(O1)C(=O)NN(C2c1ccccc1)C3c1ccccc1. The highest BCUT2D eigenvalue weighted by Crippen LogP contribution is 2.58. The van der Waals surface area contributed by atoms with Crippen LogP contribution in [0.3, 0.4) is 0 Å². The zero-order chi connectivity index (χ0) is 18.6. The number of benzene rings is 2. The number of morpholine rings is 1. The van der Waals surface area contributed by atoms with Crippen molar-refractivity contribution >= 4 is 11.8 Å². The van der Waals surface area contributed by atoms with E-state index in [0.717, 1.165) is 11.1 Å². The van der Waals surface area contributed by atoms with E-state index in [1.165, 1.54) is 0 Å². The van der Waals surface area contributed by atoms with E-state index in [2.05, 4.69) is 10.9 Å². The molecule has 0 saturated carbocycles. The molecule has 3 heterocycles. The van der Waals surface area contributed by atoms with Crippen LogP contribution in [-0.2, 0) is 14.3 Å². The fraction of sp³-hybridized carbons (Fsp3) is 0.200. The summed E-state index contributed by atoms with van der Waals surface area (Å²) in [6.07, 6.45) is 3.36. The molecule has 2 saturated heterocycles. The fourth-order valence-corrected chi connectivity index (χ4v) is 4.48. The number of fused-ring (bicyclic) bond motifs is 2. The second-order valence-electron chi connectivity index (χ2n) is 6.97. The number of carbonyl (C=O) groups is 2. The molecule has 5 atom stereocenters. The highest BCUT2D eigenvalue weighted by molar-refractivity contribution is 5.97. The molecule has 5 rings (SSSR count). The van der Waals surface area contributed by atoms with Crippen LogP contribution in [-0.4, -0.2) is 28.0 Å². The molecule has 2 aromatic rings. The number of carbonyl (C=O) groups excluding carboxylic acids is 2. The van der Waals surface area contributed by atoms with E-state index < -0.39 is 29.2 Å². The third kappa shape index (κ3) is 1.96.